The minimum Gasteiger partial charge on any atom is -0.394 e. The SMILES string of the molecule is Cc1nn(CCO)c(C)c1CNCC1(C)CCCS1. The Morgan fingerprint density at radius 1 is 1.47 bits per heavy atom. The molecule has 1 unspecified atom stereocenters. The zero-order valence-electron chi connectivity index (χ0n) is 12.2. The predicted molar refractivity (Wildman–Crippen MR) is 80.6 cm³/mol. The minimum absolute atomic E-state index is 0.142. The molecule has 19 heavy (non-hydrogen) atoms. The molecule has 1 fully saturated rings. The van der Waals surface area contributed by atoms with Gasteiger partial charge in [0, 0.05) is 29.1 Å². The number of thioether (sulfide) groups is 1. The summed E-state index contributed by atoms with van der Waals surface area (Å²) in [7, 11) is 0. The van der Waals surface area contributed by atoms with E-state index in [4.69, 9.17) is 5.11 Å². The lowest BCUT2D eigenvalue weighted by Crippen LogP contribution is -2.32. The summed E-state index contributed by atoms with van der Waals surface area (Å²) in [5, 5.41) is 17.1. The van der Waals surface area contributed by atoms with Gasteiger partial charge in [-0.2, -0.15) is 16.9 Å². The van der Waals surface area contributed by atoms with E-state index < -0.39 is 0 Å². The van der Waals surface area contributed by atoms with E-state index in [9.17, 15) is 0 Å². The molecule has 5 heteroatoms. The normalized spacial score (nSPS) is 23.2. The highest BCUT2D eigenvalue weighted by Gasteiger charge is 2.28. The molecule has 1 aromatic heterocycles. The number of aromatic nitrogens is 2. The van der Waals surface area contributed by atoms with E-state index in [0.717, 1.165) is 18.8 Å². The summed E-state index contributed by atoms with van der Waals surface area (Å²) in [4.78, 5) is 0. The highest BCUT2D eigenvalue weighted by Crippen LogP contribution is 2.37. The van der Waals surface area contributed by atoms with Gasteiger partial charge in [-0.3, -0.25) is 4.68 Å². The van der Waals surface area contributed by atoms with Crippen molar-refractivity contribution in [2.75, 3.05) is 18.9 Å². The van der Waals surface area contributed by atoms with Crippen molar-refractivity contribution >= 4 is 11.8 Å². The molecule has 0 saturated carbocycles. The van der Waals surface area contributed by atoms with Gasteiger partial charge in [-0.1, -0.05) is 0 Å². The van der Waals surface area contributed by atoms with Crippen molar-refractivity contribution in [1.29, 1.82) is 0 Å². The van der Waals surface area contributed by atoms with Crippen molar-refractivity contribution in [2.45, 2.75) is 51.4 Å². The molecule has 1 aliphatic heterocycles. The Bertz CT molecular complexity index is 425. The van der Waals surface area contributed by atoms with Gasteiger partial charge in [-0.25, -0.2) is 0 Å². The number of hydrogen-bond acceptors (Lipinski definition) is 4. The Balaban J connectivity index is 1.92. The number of aryl methyl sites for hydroxylation is 1. The van der Waals surface area contributed by atoms with Crippen molar-refractivity contribution in [1.82, 2.24) is 15.1 Å². The summed E-state index contributed by atoms with van der Waals surface area (Å²) in [5.41, 5.74) is 3.52. The Hall–Kier alpha value is -0.520. The molecule has 1 atom stereocenters. The summed E-state index contributed by atoms with van der Waals surface area (Å²) in [6.07, 6.45) is 2.65. The van der Waals surface area contributed by atoms with E-state index in [1.54, 1.807) is 0 Å². The third kappa shape index (κ3) is 3.52. The summed E-state index contributed by atoms with van der Waals surface area (Å²) in [5.74, 6) is 1.30. The second-order valence-electron chi connectivity index (χ2n) is 5.60. The standard InChI is InChI=1S/C14H25N3OS/c1-11-13(12(2)17(16-11)6-7-18)9-15-10-14(3)5-4-8-19-14/h15,18H,4-10H2,1-3H3. The second kappa shape index (κ2) is 6.29. The van der Waals surface area contributed by atoms with Crippen LogP contribution in [0.1, 0.15) is 36.7 Å². The molecule has 1 saturated heterocycles. The van der Waals surface area contributed by atoms with Gasteiger partial charge in [-0.15, -0.1) is 0 Å². The molecule has 2 N–H and O–H groups in total. The largest absolute Gasteiger partial charge is 0.394 e. The summed E-state index contributed by atoms with van der Waals surface area (Å²) >= 11 is 2.09. The van der Waals surface area contributed by atoms with Crippen LogP contribution in [0.5, 0.6) is 0 Å². The number of aliphatic hydroxyl groups is 1. The van der Waals surface area contributed by atoms with Crippen molar-refractivity contribution in [3.63, 3.8) is 0 Å². The molecule has 0 spiro atoms. The van der Waals surface area contributed by atoms with Crippen molar-refractivity contribution in [3.05, 3.63) is 17.0 Å². The smallest absolute Gasteiger partial charge is 0.0644 e. The molecule has 108 valence electrons. The monoisotopic (exact) mass is 283 g/mol. The van der Waals surface area contributed by atoms with Gasteiger partial charge in [0.25, 0.3) is 0 Å². The van der Waals surface area contributed by atoms with Crippen LogP contribution in [0.2, 0.25) is 0 Å². The molecular formula is C14H25N3OS. The molecular weight excluding hydrogens is 258 g/mol. The maximum atomic E-state index is 9.02. The van der Waals surface area contributed by atoms with Crippen LogP contribution in [0.3, 0.4) is 0 Å². The first kappa shape index (κ1) is 14.9. The summed E-state index contributed by atoms with van der Waals surface area (Å²) in [6.45, 7) is 9.14. The fourth-order valence-electron chi connectivity index (χ4n) is 2.73. The number of aliphatic hydroxyl groups excluding tert-OH is 1. The Morgan fingerprint density at radius 2 is 2.26 bits per heavy atom. The van der Waals surface area contributed by atoms with Crippen LogP contribution >= 0.6 is 11.8 Å². The van der Waals surface area contributed by atoms with Crippen LogP contribution < -0.4 is 5.32 Å². The topological polar surface area (TPSA) is 50.1 Å². The van der Waals surface area contributed by atoms with E-state index in [-0.39, 0.29) is 6.61 Å². The van der Waals surface area contributed by atoms with E-state index in [0.29, 0.717) is 11.3 Å². The molecule has 1 aliphatic rings. The third-order valence-electron chi connectivity index (χ3n) is 3.94. The number of hydrogen-bond donors (Lipinski definition) is 2. The van der Waals surface area contributed by atoms with Crippen LogP contribution in [-0.4, -0.2) is 38.5 Å². The van der Waals surface area contributed by atoms with Crippen LogP contribution in [0.4, 0.5) is 0 Å². The molecule has 0 aliphatic carbocycles. The maximum absolute atomic E-state index is 9.02. The Labute approximate surface area is 120 Å². The maximum Gasteiger partial charge on any atom is 0.0644 e. The quantitative estimate of drug-likeness (QED) is 0.837. The van der Waals surface area contributed by atoms with E-state index in [1.165, 1.54) is 29.9 Å². The first-order valence-electron chi connectivity index (χ1n) is 7.04. The summed E-state index contributed by atoms with van der Waals surface area (Å²) in [6, 6.07) is 0. The molecule has 2 heterocycles. The average Bonchev–Trinajstić information content (AvgIpc) is 2.90. The van der Waals surface area contributed by atoms with Gasteiger partial charge in [0.05, 0.1) is 18.8 Å². The lowest BCUT2D eigenvalue weighted by molar-refractivity contribution is 0.267. The molecule has 4 nitrogen and oxygen atoms in total. The number of rotatable bonds is 6. The Kier molecular flexibility index (Phi) is 4.92. The molecule has 0 aromatic carbocycles. The highest BCUT2D eigenvalue weighted by molar-refractivity contribution is 8.00. The van der Waals surface area contributed by atoms with Crippen LogP contribution in [0, 0.1) is 13.8 Å². The number of nitrogens with one attached hydrogen (secondary N) is 1. The second-order valence-corrected chi connectivity index (χ2v) is 7.28. The lowest BCUT2D eigenvalue weighted by atomic mass is 10.1. The van der Waals surface area contributed by atoms with Crippen LogP contribution in [-0.2, 0) is 13.1 Å². The van der Waals surface area contributed by atoms with Gasteiger partial charge in [0.1, 0.15) is 0 Å². The van der Waals surface area contributed by atoms with Crippen molar-refractivity contribution in [2.24, 2.45) is 0 Å². The lowest BCUT2D eigenvalue weighted by Gasteiger charge is -2.23. The fraction of sp³-hybridized carbons (Fsp3) is 0.786. The molecule has 2 rings (SSSR count). The van der Waals surface area contributed by atoms with Crippen molar-refractivity contribution in [3.8, 4) is 0 Å². The third-order valence-corrected chi connectivity index (χ3v) is 5.48. The predicted octanol–water partition coefficient (Wildman–Crippen LogP) is 1.87. The van der Waals surface area contributed by atoms with Crippen molar-refractivity contribution < 1.29 is 5.11 Å². The number of nitrogens with zero attached hydrogens (tertiary/aromatic N) is 2. The molecule has 0 radical (unpaired) electrons. The van der Waals surface area contributed by atoms with E-state index in [1.807, 2.05) is 11.6 Å². The average molecular weight is 283 g/mol. The zero-order valence-corrected chi connectivity index (χ0v) is 13.0. The molecule has 0 amide bonds. The minimum atomic E-state index is 0.142. The van der Waals surface area contributed by atoms with Gasteiger partial charge < -0.3 is 10.4 Å². The fourth-order valence-corrected chi connectivity index (χ4v) is 4.00. The van der Waals surface area contributed by atoms with Gasteiger partial charge in [0.15, 0.2) is 0 Å². The summed E-state index contributed by atoms with van der Waals surface area (Å²) < 4.78 is 2.31. The first-order chi connectivity index (χ1) is 9.06. The van der Waals surface area contributed by atoms with E-state index in [2.05, 4.69) is 36.0 Å². The van der Waals surface area contributed by atoms with Gasteiger partial charge >= 0.3 is 0 Å². The van der Waals surface area contributed by atoms with Crippen LogP contribution in [0.25, 0.3) is 0 Å². The first-order valence-corrected chi connectivity index (χ1v) is 8.03. The van der Waals surface area contributed by atoms with Gasteiger partial charge in [-0.05, 0) is 39.4 Å². The van der Waals surface area contributed by atoms with Crippen LogP contribution in [0.15, 0.2) is 0 Å². The Morgan fingerprint density at radius 3 is 2.89 bits per heavy atom. The molecule has 1 aromatic rings. The van der Waals surface area contributed by atoms with Gasteiger partial charge in [0.2, 0.25) is 0 Å². The molecule has 0 bridgehead atoms. The van der Waals surface area contributed by atoms with E-state index >= 15 is 0 Å². The zero-order chi connectivity index (χ0) is 13.9. The highest BCUT2D eigenvalue weighted by atomic mass is 32.2.